The first-order valence-corrected chi connectivity index (χ1v) is 13.7. The summed E-state index contributed by atoms with van der Waals surface area (Å²) in [6.07, 6.45) is 6.16. The number of aliphatic hydroxyl groups excluding tert-OH is 1. The molecule has 0 spiro atoms. The molecule has 0 aromatic rings. The third kappa shape index (κ3) is 6.55. The zero-order chi connectivity index (χ0) is 21.9. The normalized spacial score (nSPS) is 37.1. The molecule has 0 amide bonds. The molecule has 2 saturated carbocycles. The smallest absolute Gasteiger partial charge is 0.359 e. The SMILES string of the molecule is CC(C)[C@H]1CC[C@H](C)C[C@H]1OP(=O)(O[C@@H]1C[C@@H](C)CC[C@H]1C(C)C)[C@H](O)C(C)C. The van der Waals surface area contributed by atoms with Gasteiger partial charge in [0.05, 0.1) is 12.2 Å². The highest BCUT2D eigenvalue weighted by Crippen LogP contribution is 2.60. The van der Waals surface area contributed by atoms with E-state index in [1.165, 1.54) is 12.8 Å². The van der Waals surface area contributed by atoms with Crippen LogP contribution in [0, 0.1) is 41.4 Å². The van der Waals surface area contributed by atoms with Crippen molar-refractivity contribution in [3.63, 3.8) is 0 Å². The maximum atomic E-state index is 14.1. The van der Waals surface area contributed by atoms with E-state index in [9.17, 15) is 9.67 Å². The van der Waals surface area contributed by atoms with Crippen molar-refractivity contribution in [1.82, 2.24) is 0 Å². The van der Waals surface area contributed by atoms with Crippen molar-refractivity contribution in [3.05, 3.63) is 0 Å². The summed E-state index contributed by atoms with van der Waals surface area (Å²) in [5.41, 5.74) is 0. The molecule has 0 saturated heterocycles. The molecule has 0 aromatic heterocycles. The summed E-state index contributed by atoms with van der Waals surface area (Å²) in [5.74, 6) is 1.54. The monoisotopic (exact) mass is 430 g/mol. The quantitative estimate of drug-likeness (QED) is 0.417. The van der Waals surface area contributed by atoms with Gasteiger partial charge in [-0.05, 0) is 67.1 Å². The van der Waals surface area contributed by atoms with Gasteiger partial charge in [-0.2, -0.15) is 0 Å². The van der Waals surface area contributed by atoms with Gasteiger partial charge in [0.2, 0.25) is 0 Å². The first kappa shape index (κ1) is 25.4. The van der Waals surface area contributed by atoms with Crippen molar-refractivity contribution in [1.29, 1.82) is 0 Å². The highest BCUT2D eigenvalue weighted by molar-refractivity contribution is 7.54. The van der Waals surface area contributed by atoms with Crippen LogP contribution in [0.3, 0.4) is 0 Å². The Hall–Kier alpha value is 0.110. The lowest BCUT2D eigenvalue weighted by molar-refractivity contribution is -0.0186. The largest absolute Gasteiger partial charge is 0.380 e. The van der Waals surface area contributed by atoms with Gasteiger partial charge in [0.15, 0.2) is 5.85 Å². The van der Waals surface area contributed by atoms with Crippen LogP contribution in [-0.4, -0.2) is 23.2 Å². The minimum atomic E-state index is -3.66. The Labute approximate surface area is 180 Å². The van der Waals surface area contributed by atoms with Crippen LogP contribution in [0.1, 0.15) is 93.9 Å². The van der Waals surface area contributed by atoms with E-state index in [4.69, 9.17) is 9.05 Å². The van der Waals surface area contributed by atoms with E-state index < -0.39 is 13.4 Å². The third-order valence-corrected chi connectivity index (χ3v) is 9.78. The molecule has 0 heterocycles. The molecule has 29 heavy (non-hydrogen) atoms. The maximum Gasteiger partial charge on any atom is 0.359 e. The van der Waals surface area contributed by atoms with Gasteiger partial charge in [0.25, 0.3) is 0 Å². The molecule has 0 radical (unpaired) electrons. The zero-order valence-corrected chi connectivity index (χ0v) is 21.0. The fourth-order valence-corrected chi connectivity index (χ4v) is 7.63. The predicted molar refractivity (Wildman–Crippen MR) is 121 cm³/mol. The second-order valence-corrected chi connectivity index (χ2v) is 13.2. The number of rotatable bonds is 8. The Morgan fingerprint density at radius 1 is 0.759 bits per heavy atom. The molecular formula is C24H47O4P. The molecule has 2 aliphatic rings. The first-order chi connectivity index (χ1) is 13.4. The van der Waals surface area contributed by atoms with Crippen molar-refractivity contribution in [2.24, 2.45) is 41.4 Å². The minimum Gasteiger partial charge on any atom is -0.380 e. The Kier molecular flexibility index (Phi) is 9.29. The molecule has 2 rings (SSSR count). The van der Waals surface area contributed by atoms with Gasteiger partial charge in [-0.3, -0.25) is 4.57 Å². The Bertz CT molecular complexity index is 509. The molecule has 2 fully saturated rings. The first-order valence-electron chi connectivity index (χ1n) is 12.1. The number of aliphatic hydroxyl groups is 1. The standard InChI is InChI=1S/C24H47O4P/c1-15(2)20-11-9-18(7)13-22(20)27-29(26,24(25)17(5)6)28-23-14-19(8)10-12-21(23)16(3)4/h15-25H,9-14H2,1-8H3/t18-,19-,20-,21+,22+,23+,24-,29?/m0/s1. The van der Waals surface area contributed by atoms with E-state index in [1.54, 1.807) is 0 Å². The molecule has 1 unspecified atom stereocenters. The van der Waals surface area contributed by atoms with Crippen molar-refractivity contribution in [2.75, 3.05) is 0 Å². The van der Waals surface area contributed by atoms with E-state index in [-0.39, 0.29) is 18.1 Å². The van der Waals surface area contributed by atoms with E-state index in [0.717, 1.165) is 25.7 Å². The summed E-state index contributed by atoms with van der Waals surface area (Å²) in [6, 6.07) is 0. The summed E-state index contributed by atoms with van der Waals surface area (Å²) in [6.45, 7) is 17.2. The fraction of sp³-hybridized carbons (Fsp3) is 1.00. The van der Waals surface area contributed by atoms with E-state index in [2.05, 4.69) is 41.5 Å². The van der Waals surface area contributed by atoms with Gasteiger partial charge in [-0.15, -0.1) is 0 Å². The summed E-state index contributed by atoms with van der Waals surface area (Å²) in [7, 11) is -3.66. The lowest BCUT2D eigenvalue weighted by atomic mass is 9.75. The van der Waals surface area contributed by atoms with Crippen LogP contribution in [0.5, 0.6) is 0 Å². The molecule has 0 aromatic carbocycles. The highest BCUT2D eigenvalue weighted by Gasteiger charge is 2.46. The van der Waals surface area contributed by atoms with Gasteiger partial charge in [0, 0.05) is 0 Å². The van der Waals surface area contributed by atoms with Crippen LogP contribution >= 0.6 is 7.60 Å². The Morgan fingerprint density at radius 2 is 1.14 bits per heavy atom. The van der Waals surface area contributed by atoms with Gasteiger partial charge >= 0.3 is 7.60 Å². The topological polar surface area (TPSA) is 55.8 Å². The average molecular weight is 431 g/mol. The lowest BCUT2D eigenvalue weighted by Crippen LogP contribution is -2.38. The van der Waals surface area contributed by atoms with Crippen molar-refractivity contribution in [2.45, 2.75) is 112 Å². The molecule has 1 N–H and O–H groups in total. The van der Waals surface area contributed by atoms with Crippen molar-refractivity contribution < 1.29 is 18.7 Å². The second-order valence-electron chi connectivity index (χ2n) is 11.1. The van der Waals surface area contributed by atoms with Crippen LogP contribution in [0.25, 0.3) is 0 Å². The van der Waals surface area contributed by atoms with Crippen molar-refractivity contribution in [3.8, 4) is 0 Å². The average Bonchev–Trinajstić information content (AvgIpc) is 2.60. The summed E-state index contributed by atoms with van der Waals surface area (Å²) >= 11 is 0. The predicted octanol–water partition coefficient (Wildman–Crippen LogP) is 7.11. The van der Waals surface area contributed by atoms with Gasteiger partial charge in [-0.1, -0.05) is 68.2 Å². The fourth-order valence-electron chi connectivity index (χ4n) is 5.36. The lowest BCUT2D eigenvalue weighted by Gasteiger charge is -2.43. The van der Waals surface area contributed by atoms with Crippen LogP contribution in [0.15, 0.2) is 0 Å². The molecule has 2 aliphatic carbocycles. The van der Waals surface area contributed by atoms with E-state index in [0.29, 0.717) is 35.5 Å². The van der Waals surface area contributed by atoms with Crippen molar-refractivity contribution >= 4 is 7.60 Å². The number of hydrogen-bond donors (Lipinski definition) is 1. The van der Waals surface area contributed by atoms with Crippen LogP contribution in [-0.2, 0) is 13.6 Å². The highest BCUT2D eigenvalue weighted by atomic mass is 31.2. The van der Waals surface area contributed by atoms with Gasteiger partial charge < -0.3 is 14.2 Å². The third-order valence-electron chi connectivity index (χ3n) is 7.41. The van der Waals surface area contributed by atoms with Crippen LogP contribution in [0.2, 0.25) is 0 Å². The summed E-state index contributed by atoms with van der Waals surface area (Å²) in [5, 5.41) is 11.0. The Balaban J connectivity index is 2.28. The van der Waals surface area contributed by atoms with Crippen LogP contribution < -0.4 is 0 Å². The molecule has 172 valence electrons. The van der Waals surface area contributed by atoms with Crippen LogP contribution in [0.4, 0.5) is 0 Å². The Morgan fingerprint density at radius 3 is 1.45 bits per heavy atom. The molecule has 8 atom stereocenters. The molecule has 5 heteroatoms. The molecule has 0 aliphatic heterocycles. The number of hydrogen-bond acceptors (Lipinski definition) is 4. The zero-order valence-electron chi connectivity index (χ0n) is 20.1. The molecule has 4 nitrogen and oxygen atoms in total. The van der Waals surface area contributed by atoms with E-state index in [1.807, 2.05) is 13.8 Å². The molecular weight excluding hydrogens is 383 g/mol. The second kappa shape index (κ2) is 10.6. The van der Waals surface area contributed by atoms with E-state index >= 15 is 0 Å². The summed E-state index contributed by atoms with van der Waals surface area (Å²) < 4.78 is 26.9. The minimum absolute atomic E-state index is 0.100. The van der Waals surface area contributed by atoms with Gasteiger partial charge in [0.1, 0.15) is 0 Å². The summed E-state index contributed by atoms with van der Waals surface area (Å²) in [4.78, 5) is 0. The molecule has 0 bridgehead atoms. The maximum absolute atomic E-state index is 14.1. The van der Waals surface area contributed by atoms with Gasteiger partial charge in [-0.25, -0.2) is 0 Å².